The lowest BCUT2D eigenvalue weighted by atomic mass is 9.77. The molecule has 0 fully saturated rings. The van der Waals surface area contributed by atoms with Crippen molar-refractivity contribution in [3.63, 3.8) is 0 Å². The van der Waals surface area contributed by atoms with E-state index in [-0.39, 0.29) is 23.3 Å². The van der Waals surface area contributed by atoms with Crippen molar-refractivity contribution in [2.45, 2.75) is 64.4 Å². The fourth-order valence-corrected chi connectivity index (χ4v) is 4.55. The summed E-state index contributed by atoms with van der Waals surface area (Å²) in [6.45, 7) is 8.94. The molecule has 0 saturated heterocycles. The minimum atomic E-state index is -0.181. The van der Waals surface area contributed by atoms with Gasteiger partial charge in [0.15, 0.2) is 0 Å². The Balaban J connectivity index is 1.73. The van der Waals surface area contributed by atoms with Gasteiger partial charge in [-0.1, -0.05) is 74.5 Å². The van der Waals surface area contributed by atoms with E-state index < -0.39 is 0 Å². The molecule has 186 valence electrons. The van der Waals surface area contributed by atoms with Gasteiger partial charge in [-0.2, -0.15) is 0 Å². The summed E-state index contributed by atoms with van der Waals surface area (Å²) in [6.07, 6.45) is 2.27. The number of amides is 1. The molecule has 4 nitrogen and oxygen atoms in total. The maximum Gasteiger partial charge on any atom is 0.220 e. The highest BCUT2D eigenvalue weighted by Gasteiger charge is 2.28. The molecule has 3 aromatic rings. The maximum atomic E-state index is 13.0. The molecule has 0 aliphatic heterocycles. The summed E-state index contributed by atoms with van der Waals surface area (Å²) in [6, 6.07) is 26.7. The molecule has 2 atom stereocenters. The van der Waals surface area contributed by atoms with Crippen LogP contribution < -0.4 is 14.8 Å². The van der Waals surface area contributed by atoms with Crippen LogP contribution in [0.25, 0.3) is 0 Å². The van der Waals surface area contributed by atoms with E-state index in [0.29, 0.717) is 13.0 Å². The van der Waals surface area contributed by atoms with Crippen LogP contribution in [0, 0.1) is 0 Å². The van der Waals surface area contributed by atoms with Gasteiger partial charge in [0.05, 0.1) is 13.2 Å². The molecule has 0 spiro atoms. The van der Waals surface area contributed by atoms with Gasteiger partial charge in [0.25, 0.3) is 0 Å². The molecule has 4 heteroatoms. The SMILES string of the molecule is CC[C@@](C)(CC(=O)NCC[C@H](c1ccc(OC(C)C)cc1)c1ccccc1OC)c1ccccc1. The number of carbonyl (C=O) groups excluding carboxylic acids is 1. The lowest BCUT2D eigenvalue weighted by molar-refractivity contribution is -0.122. The van der Waals surface area contributed by atoms with E-state index in [1.54, 1.807) is 7.11 Å². The van der Waals surface area contributed by atoms with Gasteiger partial charge in [-0.15, -0.1) is 0 Å². The van der Waals surface area contributed by atoms with Crippen LogP contribution in [0.5, 0.6) is 11.5 Å². The Kier molecular flexibility index (Phi) is 9.36. The molecule has 35 heavy (non-hydrogen) atoms. The summed E-state index contributed by atoms with van der Waals surface area (Å²) in [7, 11) is 1.70. The largest absolute Gasteiger partial charge is 0.496 e. The van der Waals surface area contributed by atoms with Crippen LogP contribution in [-0.4, -0.2) is 25.7 Å². The molecule has 1 amide bonds. The van der Waals surface area contributed by atoms with Gasteiger partial charge in [0.2, 0.25) is 5.91 Å². The molecule has 0 bridgehead atoms. The first-order valence-electron chi connectivity index (χ1n) is 12.6. The van der Waals surface area contributed by atoms with Crippen LogP contribution in [0.4, 0.5) is 0 Å². The first-order chi connectivity index (χ1) is 16.9. The lowest BCUT2D eigenvalue weighted by Crippen LogP contribution is -2.33. The maximum absolute atomic E-state index is 13.0. The molecule has 3 aromatic carbocycles. The normalized spacial score (nSPS) is 13.7. The lowest BCUT2D eigenvalue weighted by Gasteiger charge is -2.28. The Morgan fingerprint density at radius 3 is 2.23 bits per heavy atom. The van der Waals surface area contributed by atoms with Gasteiger partial charge >= 0.3 is 0 Å². The summed E-state index contributed by atoms with van der Waals surface area (Å²) in [5, 5.41) is 3.18. The van der Waals surface area contributed by atoms with Gasteiger partial charge in [-0.3, -0.25) is 4.79 Å². The van der Waals surface area contributed by atoms with Gasteiger partial charge in [0, 0.05) is 29.9 Å². The number of rotatable bonds is 12. The summed E-state index contributed by atoms with van der Waals surface area (Å²) in [5.74, 6) is 1.88. The van der Waals surface area contributed by atoms with Crippen LogP contribution in [-0.2, 0) is 10.2 Å². The molecular formula is C31H39NO3. The number of hydrogen-bond donors (Lipinski definition) is 1. The molecule has 0 unspecified atom stereocenters. The Labute approximate surface area is 210 Å². The molecular weight excluding hydrogens is 434 g/mol. The van der Waals surface area contributed by atoms with Crippen molar-refractivity contribution >= 4 is 5.91 Å². The van der Waals surface area contributed by atoms with Crippen LogP contribution in [0.3, 0.4) is 0 Å². The Morgan fingerprint density at radius 2 is 1.60 bits per heavy atom. The van der Waals surface area contributed by atoms with E-state index >= 15 is 0 Å². The highest BCUT2D eigenvalue weighted by atomic mass is 16.5. The van der Waals surface area contributed by atoms with Crippen LogP contribution in [0.1, 0.15) is 69.6 Å². The highest BCUT2D eigenvalue weighted by Crippen LogP contribution is 2.35. The van der Waals surface area contributed by atoms with E-state index in [2.05, 4.69) is 49.5 Å². The quantitative estimate of drug-likeness (QED) is 0.312. The zero-order valence-electron chi connectivity index (χ0n) is 21.7. The van der Waals surface area contributed by atoms with Crippen molar-refractivity contribution in [1.82, 2.24) is 5.32 Å². The van der Waals surface area contributed by atoms with E-state index in [4.69, 9.17) is 9.47 Å². The topological polar surface area (TPSA) is 47.6 Å². The van der Waals surface area contributed by atoms with Crippen LogP contribution in [0.15, 0.2) is 78.9 Å². The molecule has 0 aliphatic carbocycles. The second-order valence-corrected chi connectivity index (χ2v) is 9.63. The van der Waals surface area contributed by atoms with E-state index in [9.17, 15) is 4.79 Å². The molecule has 1 N–H and O–H groups in total. The predicted octanol–water partition coefficient (Wildman–Crippen LogP) is 6.88. The average molecular weight is 474 g/mol. The summed E-state index contributed by atoms with van der Waals surface area (Å²) in [4.78, 5) is 13.0. The van der Waals surface area contributed by atoms with Gasteiger partial charge in [-0.25, -0.2) is 0 Å². The third kappa shape index (κ3) is 7.11. The summed E-state index contributed by atoms with van der Waals surface area (Å²) in [5.41, 5.74) is 3.31. The summed E-state index contributed by atoms with van der Waals surface area (Å²) >= 11 is 0. The number of benzene rings is 3. The van der Waals surface area contributed by atoms with Gasteiger partial charge < -0.3 is 14.8 Å². The fraction of sp³-hybridized carbons (Fsp3) is 0.387. The van der Waals surface area contributed by atoms with Crippen LogP contribution >= 0.6 is 0 Å². The highest BCUT2D eigenvalue weighted by molar-refractivity contribution is 5.77. The Morgan fingerprint density at radius 1 is 0.943 bits per heavy atom. The smallest absolute Gasteiger partial charge is 0.220 e. The van der Waals surface area contributed by atoms with Crippen LogP contribution in [0.2, 0.25) is 0 Å². The van der Waals surface area contributed by atoms with E-state index in [0.717, 1.165) is 29.9 Å². The number of carbonyl (C=O) groups is 1. The predicted molar refractivity (Wildman–Crippen MR) is 143 cm³/mol. The van der Waals surface area contributed by atoms with Crippen molar-refractivity contribution in [2.24, 2.45) is 0 Å². The van der Waals surface area contributed by atoms with E-state index in [1.807, 2.05) is 62.4 Å². The molecule has 0 aromatic heterocycles. The van der Waals surface area contributed by atoms with Crippen molar-refractivity contribution in [3.8, 4) is 11.5 Å². The Bertz CT molecular complexity index is 1060. The molecule has 0 aliphatic rings. The number of nitrogens with one attached hydrogen (secondary N) is 1. The molecule has 0 saturated carbocycles. The first kappa shape index (κ1) is 26.3. The molecule has 0 heterocycles. The third-order valence-corrected chi connectivity index (χ3v) is 6.73. The second-order valence-electron chi connectivity index (χ2n) is 9.63. The second kappa shape index (κ2) is 12.4. The number of ether oxygens (including phenoxy) is 2. The van der Waals surface area contributed by atoms with Crippen molar-refractivity contribution < 1.29 is 14.3 Å². The third-order valence-electron chi connectivity index (χ3n) is 6.73. The number of hydrogen-bond acceptors (Lipinski definition) is 3. The van der Waals surface area contributed by atoms with E-state index in [1.165, 1.54) is 11.1 Å². The Hall–Kier alpha value is -3.27. The zero-order valence-corrected chi connectivity index (χ0v) is 21.7. The van der Waals surface area contributed by atoms with Crippen molar-refractivity contribution in [3.05, 3.63) is 95.6 Å². The van der Waals surface area contributed by atoms with Gasteiger partial charge in [0.1, 0.15) is 11.5 Å². The molecule has 0 radical (unpaired) electrons. The average Bonchev–Trinajstić information content (AvgIpc) is 2.87. The number of para-hydroxylation sites is 1. The minimum Gasteiger partial charge on any atom is -0.496 e. The first-order valence-corrected chi connectivity index (χ1v) is 12.6. The fourth-order valence-electron chi connectivity index (χ4n) is 4.55. The monoisotopic (exact) mass is 473 g/mol. The zero-order chi connectivity index (χ0) is 25.3. The minimum absolute atomic E-state index is 0.0812. The van der Waals surface area contributed by atoms with Crippen molar-refractivity contribution in [2.75, 3.05) is 13.7 Å². The summed E-state index contributed by atoms with van der Waals surface area (Å²) < 4.78 is 11.5. The van der Waals surface area contributed by atoms with Crippen molar-refractivity contribution in [1.29, 1.82) is 0 Å². The molecule has 3 rings (SSSR count). The standard InChI is InChI=1S/C31H39NO3/c1-6-31(4,25-12-8-7-9-13-25)22-30(33)32-21-20-27(28-14-10-11-15-29(28)34-5)24-16-18-26(19-17-24)35-23(2)3/h7-19,23,27H,6,20-22H2,1-5H3,(H,32,33)/t27-,31+/m1/s1. The van der Waals surface area contributed by atoms with Gasteiger partial charge in [-0.05, 0) is 56.0 Å². The number of methoxy groups -OCH3 is 1.